The first-order valence-electron chi connectivity index (χ1n) is 5.55. The van der Waals surface area contributed by atoms with Crippen LogP contribution in [-0.2, 0) is 9.59 Å². The highest BCUT2D eigenvalue weighted by Gasteiger charge is 2.29. The molecule has 0 aromatic rings. The lowest BCUT2D eigenvalue weighted by Crippen LogP contribution is -2.29. The molecule has 15 heavy (non-hydrogen) atoms. The smallest absolute Gasteiger partial charge is 0.146 e. The topological polar surface area (TPSA) is 54.4 Å². The second-order valence-corrected chi connectivity index (χ2v) is 4.05. The minimum absolute atomic E-state index is 0.525. The highest BCUT2D eigenvalue weighted by molar-refractivity contribution is 5.83. The van der Waals surface area contributed by atoms with E-state index >= 15 is 0 Å². The lowest BCUT2D eigenvalue weighted by atomic mass is 9.80. The third kappa shape index (κ3) is 2.75. The van der Waals surface area contributed by atoms with Gasteiger partial charge in [-0.2, -0.15) is 0 Å². The van der Waals surface area contributed by atoms with Crippen LogP contribution in [0.3, 0.4) is 0 Å². The van der Waals surface area contributed by atoms with Crippen LogP contribution in [0.1, 0.15) is 39.0 Å². The number of aliphatic hydroxyl groups is 1. The third-order valence-electron chi connectivity index (χ3n) is 3.03. The van der Waals surface area contributed by atoms with Gasteiger partial charge in [-0.1, -0.05) is 18.9 Å². The highest BCUT2D eigenvalue weighted by Crippen LogP contribution is 2.31. The second kappa shape index (κ2) is 5.81. The first-order valence-corrected chi connectivity index (χ1v) is 5.55. The zero-order valence-electron chi connectivity index (χ0n) is 9.11. The van der Waals surface area contributed by atoms with E-state index in [1.807, 2.05) is 0 Å². The number of carbonyl (C=O) groups is 2. The van der Waals surface area contributed by atoms with Crippen molar-refractivity contribution in [1.82, 2.24) is 0 Å². The molecular formula is C12H18O3. The largest absolute Gasteiger partial charge is 0.392 e. The summed E-state index contributed by atoms with van der Waals surface area (Å²) in [5.41, 5.74) is 1.59. The first kappa shape index (κ1) is 12.1. The van der Waals surface area contributed by atoms with Gasteiger partial charge in [0.15, 0.2) is 0 Å². The van der Waals surface area contributed by atoms with E-state index in [-0.39, 0.29) is 0 Å². The molecule has 0 radical (unpaired) electrons. The van der Waals surface area contributed by atoms with Crippen LogP contribution in [0.5, 0.6) is 0 Å². The molecule has 0 aliphatic heterocycles. The van der Waals surface area contributed by atoms with Gasteiger partial charge in [-0.05, 0) is 25.7 Å². The molecule has 0 fully saturated rings. The summed E-state index contributed by atoms with van der Waals surface area (Å²) in [4.78, 5) is 21.7. The van der Waals surface area contributed by atoms with Crippen molar-refractivity contribution in [3.8, 4) is 0 Å². The first-order chi connectivity index (χ1) is 7.24. The van der Waals surface area contributed by atoms with Crippen LogP contribution < -0.4 is 0 Å². The van der Waals surface area contributed by atoms with Crippen LogP contribution in [0, 0.1) is 5.92 Å². The van der Waals surface area contributed by atoms with E-state index in [1.54, 1.807) is 0 Å². The summed E-state index contributed by atoms with van der Waals surface area (Å²) in [6.07, 6.45) is 5.10. The average molecular weight is 210 g/mol. The molecule has 0 aromatic heterocycles. The van der Waals surface area contributed by atoms with Crippen molar-refractivity contribution in [1.29, 1.82) is 0 Å². The van der Waals surface area contributed by atoms with Gasteiger partial charge in [-0.25, -0.2) is 0 Å². The summed E-state index contributed by atoms with van der Waals surface area (Å²) in [6, 6.07) is 0. The molecule has 0 heterocycles. The van der Waals surface area contributed by atoms with Gasteiger partial charge in [0, 0.05) is 5.57 Å². The van der Waals surface area contributed by atoms with Crippen molar-refractivity contribution in [2.24, 2.45) is 5.92 Å². The van der Waals surface area contributed by atoms with Crippen molar-refractivity contribution in [3.63, 3.8) is 0 Å². The Morgan fingerprint density at radius 3 is 2.73 bits per heavy atom. The fourth-order valence-electron chi connectivity index (χ4n) is 2.07. The van der Waals surface area contributed by atoms with Gasteiger partial charge < -0.3 is 9.90 Å². The van der Waals surface area contributed by atoms with E-state index in [9.17, 15) is 14.7 Å². The monoisotopic (exact) mass is 210 g/mol. The van der Waals surface area contributed by atoms with E-state index < -0.39 is 12.0 Å². The summed E-state index contributed by atoms with van der Waals surface area (Å²) in [7, 11) is 0. The Balaban J connectivity index is 2.87. The number of unbranched alkanes of at least 4 members (excludes halogenated alkanes) is 1. The molecule has 0 unspecified atom stereocenters. The van der Waals surface area contributed by atoms with Gasteiger partial charge in [0.1, 0.15) is 12.6 Å². The molecule has 1 aliphatic carbocycles. The molecule has 2 atom stereocenters. The van der Waals surface area contributed by atoms with Crippen LogP contribution >= 0.6 is 0 Å². The predicted octanol–water partition coefficient (Wildman–Crippen LogP) is 1.64. The quantitative estimate of drug-likeness (QED) is 0.702. The summed E-state index contributed by atoms with van der Waals surface area (Å²) in [6.45, 7) is 2.09. The van der Waals surface area contributed by atoms with Crippen molar-refractivity contribution >= 4 is 12.6 Å². The number of aldehydes is 2. The lowest BCUT2D eigenvalue weighted by Gasteiger charge is -2.26. The molecule has 1 N–H and O–H groups in total. The van der Waals surface area contributed by atoms with Gasteiger partial charge in [0.05, 0.1) is 12.0 Å². The summed E-state index contributed by atoms with van der Waals surface area (Å²) in [5.74, 6) is -0.594. The number of hydrogen-bond acceptors (Lipinski definition) is 3. The molecule has 0 saturated carbocycles. The predicted molar refractivity (Wildman–Crippen MR) is 57.4 cm³/mol. The zero-order valence-corrected chi connectivity index (χ0v) is 9.11. The number of hydrogen-bond donors (Lipinski definition) is 1. The SMILES string of the molecule is CCCCC1=C(C=O)[C@H](C=O)[C@@H](O)CC1. The summed E-state index contributed by atoms with van der Waals surface area (Å²) in [5, 5.41) is 9.59. The molecule has 3 nitrogen and oxygen atoms in total. The lowest BCUT2D eigenvalue weighted by molar-refractivity contribution is -0.115. The van der Waals surface area contributed by atoms with E-state index in [1.165, 1.54) is 0 Å². The Bertz CT molecular complexity index is 268. The number of aliphatic hydroxyl groups excluding tert-OH is 1. The normalized spacial score (nSPS) is 26.5. The molecule has 1 rings (SSSR count). The average Bonchev–Trinajstić information content (AvgIpc) is 2.26. The minimum atomic E-state index is -0.673. The van der Waals surface area contributed by atoms with Crippen LogP contribution in [0.4, 0.5) is 0 Å². The van der Waals surface area contributed by atoms with Gasteiger partial charge in [-0.15, -0.1) is 0 Å². The van der Waals surface area contributed by atoms with E-state index in [2.05, 4.69) is 6.92 Å². The molecule has 0 aromatic carbocycles. The Labute approximate surface area is 90.2 Å². The Kier molecular flexibility index (Phi) is 4.69. The van der Waals surface area contributed by atoms with Crippen molar-refractivity contribution in [2.75, 3.05) is 0 Å². The zero-order chi connectivity index (χ0) is 11.3. The highest BCUT2D eigenvalue weighted by atomic mass is 16.3. The maximum atomic E-state index is 10.9. The minimum Gasteiger partial charge on any atom is -0.392 e. The van der Waals surface area contributed by atoms with Gasteiger partial charge in [-0.3, -0.25) is 4.79 Å². The standard InChI is InChI=1S/C12H18O3/c1-2-3-4-9-5-6-12(15)11(8-14)10(9)7-13/h7-8,11-12,15H,2-6H2,1H3/t11-,12-/m0/s1. The maximum absolute atomic E-state index is 10.9. The fraction of sp³-hybridized carbons (Fsp3) is 0.667. The van der Waals surface area contributed by atoms with Crippen LogP contribution in [-0.4, -0.2) is 23.8 Å². The molecule has 84 valence electrons. The van der Waals surface area contributed by atoms with E-state index in [0.29, 0.717) is 18.3 Å². The number of carbonyl (C=O) groups excluding carboxylic acids is 2. The molecule has 0 bridgehead atoms. The van der Waals surface area contributed by atoms with Crippen LogP contribution in [0.15, 0.2) is 11.1 Å². The van der Waals surface area contributed by atoms with Crippen molar-refractivity contribution in [2.45, 2.75) is 45.1 Å². The third-order valence-corrected chi connectivity index (χ3v) is 3.03. The summed E-state index contributed by atoms with van der Waals surface area (Å²) < 4.78 is 0. The molecule has 1 aliphatic rings. The Hall–Kier alpha value is -0.960. The molecule has 3 heteroatoms. The Morgan fingerprint density at radius 1 is 1.47 bits per heavy atom. The van der Waals surface area contributed by atoms with Gasteiger partial charge in [0.25, 0.3) is 0 Å². The number of allylic oxidation sites excluding steroid dienone is 1. The maximum Gasteiger partial charge on any atom is 0.146 e. The Morgan fingerprint density at radius 2 is 2.20 bits per heavy atom. The van der Waals surface area contributed by atoms with Crippen molar-refractivity contribution < 1.29 is 14.7 Å². The molecule has 0 saturated heterocycles. The van der Waals surface area contributed by atoms with Crippen LogP contribution in [0.25, 0.3) is 0 Å². The molecular weight excluding hydrogens is 192 g/mol. The second-order valence-electron chi connectivity index (χ2n) is 4.05. The van der Waals surface area contributed by atoms with E-state index in [4.69, 9.17) is 0 Å². The van der Waals surface area contributed by atoms with Gasteiger partial charge in [0.2, 0.25) is 0 Å². The molecule has 0 spiro atoms. The van der Waals surface area contributed by atoms with E-state index in [0.717, 1.165) is 37.5 Å². The molecule has 0 amide bonds. The fourth-order valence-corrected chi connectivity index (χ4v) is 2.07. The van der Waals surface area contributed by atoms with Gasteiger partial charge >= 0.3 is 0 Å². The number of rotatable bonds is 5. The summed E-state index contributed by atoms with van der Waals surface area (Å²) >= 11 is 0. The van der Waals surface area contributed by atoms with Crippen LogP contribution in [0.2, 0.25) is 0 Å². The van der Waals surface area contributed by atoms with Crippen molar-refractivity contribution in [3.05, 3.63) is 11.1 Å².